The Labute approximate surface area is 264 Å². The Hall–Kier alpha value is -4.57. The predicted molar refractivity (Wildman–Crippen MR) is 174 cm³/mol. The van der Waals surface area contributed by atoms with Crippen LogP contribution in [0.2, 0.25) is 0 Å². The first-order valence-electron chi connectivity index (χ1n) is 15.4. The molecule has 1 saturated heterocycles. The van der Waals surface area contributed by atoms with E-state index in [9.17, 15) is 14.4 Å². The van der Waals surface area contributed by atoms with Crippen molar-refractivity contribution < 1.29 is 23.8 Å². The van der Waals surface area contributed by atoms with Crippen LogP contribution in [0.1, 0.15) is 48.9 Å². The summed E-state index contributed by atoms with van der Waals surface area (Å²) < 4.78 is 17.1. The fraction of sp³-hybridized carbons (Fsp3) is 0.400. The molecule has 0 bridgehead atoms. The zero-order chi connectivity index (χ0) is 31.9. The number of piperidine rings is 1. The van der Waals surface area contributed by atoms with E-state index in [0.29, 0.717) is 41.3 Å². The highest BCUT2D eigenvalue weighted by atomic mass is 16.5. The molecule has 10 nitrogen and oxygen atoms in total. The van der Waals surface area contributed by atoms with Crippen LogP contribution in [0.4, 0.5) is 5.69 Å². The van der Waals surface area contributed by atoms with Crippen molar-refractivity contribution in [1.29, 1.82) is 0 Å². The van der Waals surface area contributed by atoms with Gasteiger partial charge in [0.15, 0.2) is 11.5 Å². The number of likely N-dealkylation sites (tertiary alicyclic amines) is 1. The first kappa shape index (κ1) is 31.8. The highest BCUT2D eigenvalue weighted by Crippen LogP contribution is 2.50. The topological polar surface area (TPSA) is 118 Å². The van der Waals surface area contributed by atoms with Crippen LogP contribution in [-0.2, 0) is 22.6 Å². The molecule has 3 aromatic carbocycles. The van der Waals surface area contributed by atoms with Crippen molar-refractivity contribution in [2.75, 3.05) is 46.3 Å². The zero-order valence-corrected chi connectivity index (χ0v) is 26.4. The van der Waals surface area contributed by atoms with Crippen molar-refractivity contribution in [2.24, 2.45) is 0 Å². The van der Waals surface area contributed by atoms with Gasteiger partial charge < -0.3 is 30.2 Å². The molecule has 5 rings (SSSR count). The fourth-order valence-electron chi connectivity index (χ4n) is 6.38. The zero-order valence-electron chi connectivity index (χ0n) is 26.4. The molecule has 2 aliphatic rings. The summed E-state index contributed by atoms with van der Waals surface area (Å²) in [6, 6.07) is 17.1. The summed E-state index contributed by atoms with van der Waals surface area (Å²) in [5.41, 5.74) is 4.41. The molecule has 0 spiro atoms. The van der Waals surface area contributed by atoms with Crippen LogP contribution in [-0.4, -0.2) is 63.7 Å². The van der Waals surface area contributed by atoms with Gasteiger partial charge in [0, 0.05) is 38.2 Å². The summed E-state index contributed by atoms with van der Waals surface area (Å²) in [6.45, 7) is 4.16. The number of benzene rings is 2. The van der Waals surface area contributed by atoms with Gasteiger partial charge >= 0.3 is 0 Å². The van der Waals surface area contributed by atoms with E-state index in [-0.39, 0.29) is 29.8 Å². The van der Waals surface area contributed by atoms with Crippen LogP contribution in [0, 0.1) is 0 Å². The van der Waals surface area contributed by atoms with Crippen LogP contribution in [0.15, 0.2) is 59.4 Å². The van der Waals surface area contributed by atoms with Crippen LogP contribution >= 0.6 is 0 Å². The Morgan fingerprint density at radius 1 is 0.889 bits per heavy atom. The molecule has 1 heterocycles. The minimum atomic E-state index is -0.407. The highest BCUT2D eigenvalue weighted by molar-refractivity contribution is 5.84. The Morgan fingerprint density at radius 2 is 1.62 bits per heavy atom. The number of rotatable bonds is 10. The van der Waals surface area contributed by atoms with Crippen molar-refractivity contribution in [2.45, 2.75) is 51.2 Å². The largest absolute Gasteiger partial charge is 0.493 e. The molecule has 3 N–H and O–H groups in total. The van der Waals surface area contributed by atoms with E-state index in [1.807, 2.05) is 18.2 Å². The lowest BCUT2D eigenvalue weighted by Crippen LogP contribution is -2.45. The number of hydrogen-bond donors (Lipinski definition) is 3. The van der Waals surface area contributed by atoms with Gasteiger partial charge in [-0.15, -0.1) is 0 Å². The smallest absolute Gasteiger partial charge is 0.239 e. The standard InChI is InChI=1S/C35H42N4O6/c1-22(40)37-28-12-10-24-18-31(43-2)34(44-3)35(45-4)33(24)26-11-13-29(30(41)19-27(26)28)36-20-32(42)38-25-14-16-39(17-15-25)21-23-8-6-5-7-9-23/h5-9,11,13,18-19,25,28H,10,12,14-17,20-21H2,1-4H3,(H,36,41)(H,37,40)(H,38,42)/t28-/m1/s1. The van der Waals surface area contributed by atoms with Crippen molar-refractivity contribution in [1.82, 2.24) is 15.5 Å². The quantitative estimate of drug-likeness (QED) is 0.313. The Balaban J connectivity index is 1.34. The van der Waals surface area contributed by atoms with Crippen molar-refractivity contribution in [3.8, 4) is 28.4 Å². The van der Waals surface area contributed by atoms with Gasteiger partial charge in [-0.05, 0) is 66.1 Å². The number of amides is 2. The number of nitrogens with one attached hydrogen (secondary N) is 3. The number of aryl methyl sites for hydroxylation is 1. The molecule has 0 unspecified atom stereocenters. The Morgan fingerprint density at radius 3 is 2.29 bits per heavy atom. The minimum Gasteiger partial charge on any atom is -0.493 e. The molecule has 1 atom stereocenters. The van der Waals surface area contributed by atoms with Gasteiger partial charge in [-0.2, -0.15) is 0 Å². The molecule has 45 heavy (non-hydrogen) atoms. The van der Waals surface area contributed by atoms with Gasteiger partial charge in [0.2, 0.25) is 23.0 Å². The summed E-state index contributed by atoms with van der Waals surface area (Å²) in [5, 5.41) is 9.19. The lowest BCUT2D eigenvalue weighted by molar-refractivity contribution is -0.121. The second kappa shape index (κ2) is 14.5. The number of fused-ring (bicyclic) bond motifs is 3. The summed E-state index contributed by atoms with van der Waals surface area (Å²) in [7, 11) is 4.68. The molecule has 1 aliphatic carbocycles. The third-order valence-electron chi connectivity index (χ3n) is 8.56. The van der Waals surface area contributed by atoms with E-state index in [0.717, 1.165) is 49.2 Å². The number of nitrogens with zero attached hydrogens (tertiary/aromatic N) is 1. The SMILES string of the molecule is COc1cc2c(c(OC)c1OC)-c1ccc(NCC(=O)NC3CCN(Cc4ccccc4)CC3)c(=O)cc1[C@H](NC(C)=O)CC2. The Kier molecular flexibility index (Phi) is 10.2. The maximum absolute atomic E-state index is 13.5. The number of carbonyl (C=O) groups is 2. The molecule has 238 valence electrons. The molecule has 2 amide bonds. The fourth-order valence-corrected chi connectivity index (χ4v) is 6.38. The summed E-state index contributed by atoms with van der Waals surface area (Å²) in [5.74, 6) is 1.10. The van der Waals surface area contributed by atoms with E-state index in [2.05, 4.69) is 45.1 Å². The van der Waals surface area contributed by atoms with Gasteiger partial charge in [0.1, 0.15) is 0 Å². The van der Waals surface area contributed by atoms with E-state index in [4.69, 9.17) is 14.2 Å². The number of ether oxygens (including phenoxy) is 3. The van der Waals surface area contributed by atoms with Gasteiger partial charge in [-0.25, -0.2) is 0 Å². The van der Waals surface area contributed by atoms with E-state index in [1.165, 1.54) is 12.5 Å². The molecular weight excluding hydrogens is 572 g/mol. The van der Waals surface area contributed by atoms with Crippen molar-refractivity contribution in [3.05, 3.63) is 81.5 Å². The highest BCUT2D eigenvalue weighted by Gasteiger charge is 2.29. The average Bonchev–Trinajstić information content (AvgIpc) is 3.28. The van der Waals surface area contributed by atoms with Crippen LogP contribution in [0.5, 0.6) is 17.2 Å². The monoisotopic (exact) mass is 614 g/mol. The third kappa shape index (κ3) is 7.39. The first-order chi connectivity index (χ1) is 21.8. The van der Waals surface area contributed by atoms with Crippen LogP contribution < -0.4 is 35.6 Å². The summed E-state index contributed by atoms with van der Waals surface area (Å²) >= 11 is 0. The van der Waals surface area contributed by atoms with E-state index >= 15 is 0 Å². The van der Waals surface area contributed by atoms with Crippen molar-refractivity contribution >= 4 is 17.5 Å². The predicted octanol–water partition coefficient (Wildman–Crippen LogP) is 4.06. The molecule has 1 aliphatic heterocycles. The lowest BCUT2D eigenvalue weighted by atomic mass is 9.95. The maximum Gasteiger partial charge on any atom is 0.239 e. The van der Waals surface area contributed by atoms with Gasteiger partial charge in [-0.3, -0.25) is 19.3 Å². The van der Waals surface area contributed by atoms with Crippen molar-refractivity contribution in [3.63, 3.8) is 0 Å². The molecule has 1 fully saturated rings. The van der Waals surface area contributed by atoms with Crippen LogP contribution in [0.3, 0.4) is 0 Å². The maximum atomic E-state index is 13.5. The second-order valence-corrected chi connectivity index (χ2v) is 11.6. The normalized spacial score (nSPS) is 16.4. The number of methoxy groups -OCH3 is 3. The molecule has 10 heteroatoms. The number of anilines is 1. The number of hydrogen-bond acceptors (Lipinski definition) is 8. The Bertz CT molecular complexity index is 1590. The van der Waals surface area contributed by atoms with Gasteiger partial charge in [0.05, 0.1) is 39.6 Å². The van der Waals surface area contributed by atoms with Gasteiger partial charge in [-0.1, -0.05) is 36.4 Å². The van der Waals surface area contributed by atoms with Gasteiger partial charge in [0.25, 0.3) is 0 Å². The molecule has 0 saturated carbocycles. The van der Waals surface area contributed by atoms with E-state index < -0.39 is 6.04 Å². The minimum absolute atomic E-state index is 0.0335. The third-order valence-corrected chi connectivity index (χ3v) is 8.56. The first-order valence-corrected chi connectivity index (χ1v) is 15.4. The molecule has 0 radical (unpaired) electrons. The molecule has 3 aromatic rings. The number of carbonyl (C=O) groups excluding carboxylic acids is 2. The van der Waals surface area contributed by atoms with Crippen LogP contribution in [0.25, 0.3) is 11.1 Å². The lowest BCUT2D eigenvalue weighted by Gasteiger charge is -2.32. The second-order valence-electron chi connectivity index (χ2n) is 11.6. The summed E-state index contributed by atoms with van der Waals surface area (Å²) in [4.78, 5) is 41.0. The summed E-state index contributed by atoms with van der Waals surface area (Å²) in [6.07, 6.45) is 2.92. The van der Waals surface area contributed by atoms with E-state index in [1.54, 1.807) is 33.5 Å². The average molecular weight is 615 g/mol. The molecule has 0 aromatic heterocycles. The molecular formula is C35H42N4O6.